The Labute approximate surface area is 127 Å². The summed E-state index contributed by atoms with van der Waals surface area (Å²) >= 11 is 0. The number of hydrogen-bond acceptors (Lipinski definition) is 3. The van der Waals surface area contributed by atoms with E-state index in [1.165, 1.54) is 19.1 Å². The first kappa shape index (κ1) is 17.4. The summed E-state index contributed by atoms with van der Waals surface area (Å²) in [7, 11) is 0. The molecule has 7 nitrogen and oxygen atoms in total. The van der Waals surface area contributed by atoms with Crippen LogP contribution in [0.25, 0.3) is 0 Å². The predicted molar refractivity (Wildman–Crippen MR) is 81.0 cm³/mol. The van der Waals surface area contributed by atoms with E-state index >= 15 is 0 Å². The van der Waals surface area contributed by atoms with Gasteiger partial charge in [-0.2, -0.15) is 0 Å². The molecule has 0 heterocycles. The van der Waals surface area contributed by atoms with E-state index in [1.54, 1.807) is 0 Å². The molecule has 0 aromatic heterocycles. The van der Waals surface area contributed by atoms with Crippen LogP contribution in [0.1, 0.15) is 20.3 Å². The molecule has 0 unspecified atom stereocenters. The van der Waals surface area contributed by atoms with Crippen molar-refractivity contribution in [1.29, 1.82) is 0 Å². The third-order valence-corrected chi connectivity index (χ3v) is 2.52. The van der Waals surface area contributed by atoms with Crippen molar-refractivity contribution in [3.05, 3.63) is 24.0 Å². The monoisotopic (exact) mass is 310 g/mol. The number of rotatable bonds is 6. The third-order valence-electron chi connectivity index (χ3n) is 2.52. The molecule has 0 saturated carbocycles. The molecule has 0 fully saturated rings. The highest BCUT2D eigenvalue weighted by Gasteiger charge is 2.08. The summed E-state index contributed by atoms with van der Waals surface area (Å²) in [5, 5.41) is 9.74. The van der Waals surface area contributed by atoms with Gasteiger partial charge in [0.1, 0.15) is 5.82 Å². The lowest BCUT2D eigenvalue weighted by Crippen LogP contribution is -2.39. The van der Waals surface area contributed by atoms with E-state index in [1.807, 2.05) is 6.92 Å². The SMILES string of the molecule is CCCNC(=O)CNC(=O)Nc1ccc(F)c(NC(C)=O)c1. The van der Waals surface area contributed by atoms with Gasteiger partial charge in [0, 0.05) is 19.2 Å². The Bertz CT molecular complexity index is 563. The van der Waals surface area contributed by atoms with Gasteiger partial charge in [-0.1, -0.05) is 6.92 Å². The Hall–Kier alpha value is -2.64. The van der Waals surface area contributed by atoms with E-state index in [4.69, 9.17) is 0 Å². The lowest BCUT2D eigenvalue weighted by Gasteiger charge is -2.10. The molecule has 0 spiro atoms. The van der Waals surface area contributed by atoms with Crippen LogP contribution in [0.5, 0.6) is 0 Å². The normalized spacial score (nSPS) is 9.77. The minimum absolute atomic E-state index is 0.0361. The van der Waals surface area contributed by atoms with Gasteiger partial charge in [0.2, 0.25) is 11.8 Å². The average molecular weight is 310 g/mol. The lowest BCUT2D eigenvalue weighted by atomic mass is 10.2. The number of amides is 4. The number of anilines is 2. The fourth-order valence-electron chi connectivity index (χ4n) is 1.55. The minimum atomic E-state index is -0.611. The summed E-state index contributed by atoms with van der Waals surface area (Å²) < 4.78 is 13.4. The van der Waals surface area contributed by atoms with Crippen molar-refractivity contribution in [3.63, 3.8) is 0 Å². The first-order valence-corrected chi connectivity index (χ1v) is 6.81. The molecule has 8 heteroatoms. The summed E-state index contributed by atoms with van der Waals surface area (Å²) in [5.41, 5.74) is 0.252. The van der Waals surface area contributed by atoms with Crippen LogP contribution in [-0.2, 0) is 9.59 Å². The van der Waals surface area contributed by atoms with E-state index in [2.05, 4.69) is 21.3 Å². The highest BCUT2D eigenvalue weighted by Crippen LogP contribution is 2.19. The molecule has 0 atom stereocenters. The van der Waals surface area contributed by atoms with Crippen LogP contribution < -0.4 is 21.3 Å². The summed E-state index contributed by atoms with van der Waals surface area (Å²) in [4.78, 5) is 33.9. The summed E-state index contributed by atoms with van der Waals surface area (Å²) in [6.45, 7) is 3.55. The van der Waals surface area contributed by atoms with E-state index in [-0.39, 0.29) is 23.8 Å². The van der Waals surface area contributed by atoms with Crippen molar-refractivity contribution in [1.82, 2.24) is 10.6 Å². The molecule has 1 aromatic carbocycles. The number of carbonyl (C=O) groups is 3. The molecule has 120 valence electrons. The van der Waals surface area contributed by atoms with Crippen LogP contribution in [0.4, 0.5) is 20.6 Å². The summed E-state index contributed by atoms with van der Waals surface area (Å²) in [6.07, 6.45) is 0.805. The number of nitrogens with one attached hydrogen (secondary N) is 4. The summed E-state index contributed by atoms with van der Waals surface area (Å²) in [5.74, 6) is -1.33. The molecule has 0 aliphatic carbocycles. The predicted octanol–water partition coefficient (Wildman–Crippen LogP) is 1.43. The van der Waals surface area contributed by atoms with Gasteiger partial charge in [-0.25, -0.2) is 9.18 Å². The van der Waals surface area contributed by atoms with E-state index in [0.29, 0.717) is 6.54 Å². The van der Waals surface area contributed by atoms with Crippen molar-refractivity contribution in [2.24, 2.45) is 0 Å². The van der Waals surface area contributed by atoms with Gasteiger partial charge in [0.15, 0.2) is 0 Å². The van der Waals surface area contributed by atoms with Crippen LogP contribution in [0, 0.1) is 5.82 Å². The van der Waals surface area contributed by atoms with Gasteiger partial charge in [0.25, 0.3) is 0 Å². The molecule has 0 bridgehead atoms. The van der Waals surface area contributed by atoms with Crippen molar-refractivity contribution < 1.29 is 18.8 Å². The van der Waals surface area contributed by atoms with Gasteiger partial charge in [0.05, 0.1) is 12.2 Å². The first-order valence-electron chi connectivity index (χ1n) is 6.81. The molecule has 1 aromatic rings. The molecule has 0 aliphatic heterocycles. The van der Waals surface area contributed by atoms with Crippen molar-refractivity contribution in [2.75, 3.05) is 23.7 Å². The van der Waals surface area contributed by atoms with Gasteiger partial charge < -0.3 is 21.3 Å². The maximum Gasteiger partial charge on any atom is 0.319 e. The molecular formula is C14H19FN4O3. The van der Waals surface area contributed by atoms with E-state index < -0.39 is 17.8 Å². The molecule has 1 rings (SSSR count). The zero-order valence-electron chi connectivity index (χ0n) is 12.5. The van der Waals surface area contributed by atoms with Gasteiger partial charge in [-0.3, -0.25) is 9.59 Å². The van der Waals surface area contributed by atoms with Gasteiger partial charge in [-0.15, -0.1) is 0 Å². The molecular weight excluding hydrogens is 291 g/mol. The Kier molecular flexibility index (Phi) is 6.81. The zero-order chi connectivity index (χ0) is 16.5. The maximum atomic E-state index is 13.4. The van der Waals surface area contributed by atoms with Crippen LogP contribution in [-0.4, -0.2) is 30.9 Å². The number of carbonyl (C=O) groups excluding carboxylic acids is 3. The number of urea groups is 1. The highest BCUT2D eigenvalue weighted by molar-refractivity contribution is 5.94. The van der Waals surface area contributed by atoms with Gasteiger partial charge in [-0.05, 0) is 24.6 Å². The van der Waals surface area contributed by atoms with Gasteiger partial charge >= 0.3 is 6.03 Å². The smallest absolute Gasteiger partial charge is 0.319 e. The van der Waals surface area contributed by atoms with Crippen LogP contribution in [0.2, 0.25) is 0 Å². The fraction of sp³-hybridized carbons (Fsp3) is 0.357. The first-order chi connectivity index (χ1) is 10.4. The Morgan fingerprint density at radius 1 is 1.14 bits per heavy atom. The van der Waals surface area contributed by atoms with Crippen LogP contribution in [0.15, 0.2) is 18.2 Å². The number of halogens is 1. The standard InChI is InChI=1S/C14H19FN4O3/c1-3-6-16-13(21)8-17-14(22)19-10-4-5-11(15)12(7-10)18-9(2)20/h4-5,7H,3,6,8H2,1-2H3,(H,16,21)(H,18,20)(H2,17,19,22). The highest BCUT2D eigenvalue weighted by atomic mass is 19.1. The Balaban J connectivity index is 2.54. The second-order valence-corrected chi connectivity index (χ2v) is 4.53. The lowest BCUT2D eigenvalue weighted by molar-refractivity contribution is -0.120. The van der Waals surface area contributed by atoms with Crippen molar-refractivity contribution >= 4 is 29.2 Å². The molecule has 4 N–H and O–H groups in total. The number of benzene rings is 1. The average Bonchev–Trinajstić information content (AvgIpc) is 2.46. The molecule has 22 heavy (non-hydrogen) atoms. The summed E-state index contributed by atoms with van der Waals surface area (Å²) in [6, 6.07) is 3.15. The van der Waals surface area contributed by atoms with E-state index in [0.717, 1.165) is 12.5 Å². The van der Waals surface area contributed by atoms with Crippen LogP contribution >= 0.6 is 0 Å². The van der Waals surface area contributed by atoms with E-state index in [9.17, 15) is 18.8 Å². The fourth-order valence-corrected chi connectivity index (χ4v) is 1.55. The molecule has 0 saturated heterocycles. The van der Waals surface area contributed by atoms with Crippen LogP contribution in [0.3, 0.4) is 0 Å². The second kappa shape index (κ2) is 8.60. The third kappa shape index (κ3) is 6.21. The number of hydrogen-bond donors (Lipinski definition) is 4. The van der Waals surface area contributed by atoms with Crippen molar-refractivity contribution in [2.45, 2.75) is 20.3 Å². The maximum absolute atomic E-state index is 13.4. The quantitative estimate of drug-likeness (QED) is 0.639. The Morgan fingerprint density at radius 2 is 1.86 bits per heavy atom. The minimum Gasteiger partial charge on any atom is -0.355 e. The Morgan fingerprint density at radius 3 is 2.50 bits per heavy atom. The molecule has 0 radical (unpaired) electrons. The largest absolute Gasteiger partial charge is 0.355 e. The van der Waals surface area contributed by atoms with Crippen molar-refractivity contribution in [3.8, 4) is 0 Å². The molecule has 4 amide bonds. The second-order valence-electron chi connectivity index (χ2n) is 4.53. The zero-order valence-corrected chi connectivity index (χ0v) is 12.5. The topological polar surface area (TPSA) is 99.3 Å². The molecule has 0 aliphatic rings.